The molecule has 0 aliphatic rings. The molecule has 11 heavy (non-hydrogen) atoms. The topological polar surface area (TPSA) is 26.0 Å². The van der Waals surface area contributed by atoms with Gasteiger partial charge in [-0.1, -0.05) is 6.08 Å². The average Bonchev–Trinajstić information content (AvgIpc) is 2.37. The summed E-state index contributed by atoms with van der Waals surface area (Å²) in [6, 6.07) is 4.26. The Kier molecular flexibility index (Phi) is 3.33. The van der Waals surface area contributed by atoms with Crippen LogP contribution in [0.1, 0.15) is 16.2 Å². The van der Waals surface area contributed by atoms with Crippen LogP contribution in [0.3, 0.4) is 0 Å². The number of rotatable bonds is 3. The molecule has 0 amide bonds. The van der Waals surface area contributed by atoms with E-state index in [9.17, 15) is 0 Å². The van der Waals surface area contributed by atoms with Crippen molar-refractivity contribution >= 4 is 17.4 Å². The first kappa shape index (κ1) is 8.50. The van der Waals surface area contributed by atoms with Crippen LogP contribution < -0.4 is 5.73 Å². The smallest absolute Gasteiger partial charge is 0.0269 e. The van der Waals surface area contributed by atoms with Crippen LogP contribution in [0, 0.1) is 6.92 Å². The molecule has 2 N–H and O–H groups in total. The summed E-state index contributed by atoms with van der Waals surface area (Å²) >= 11 is 1.81. The predicted octanol–water partition coefficient (Wildman–Crippen LogP) is 2.42. The molecule has 0 spiro atoms. The highest BCUT2D eigenvalue weighted by atomic mass is 32.1. The summed E-state index contributed by atoms with van der Waals surface area (Å²) in [5.41, 5.74) is 5.35. The fourth-order valence-corrected chi connectivity index (χ4v) is 1.65. The molecule has 0 fully saturated rings. The number of thiophene rings is 1. The fraction of sp³-hybridized carbons (Fsp3) is 0.333. The Morgan fingerprint density at radius 1 is 1.55 bits per heavy atom. The third kappa shape index (κ3) is 2.87. The van der Waals surface area contributed by atoms with Gasteiger partial charge >= 0.3 is 0 Å². The second-order valence-electron chi connectivity index (χ2n) is 2.43. The summed E-state index contributed by atoms with van der Waals surface area (Å²) in [6.45, 7) is 2.85. The van der Waals surface area contributed by atoms with Crippen molar-refractivity contribution in [3.8, 4) is 0 Å². The van der Waals surface area contributed by atoms with Crippen molar-refractivity contribution in [2.24, 2.45) is 5.73 Å². The normalized spacial score (nSPS) is 11.1. The van der Waals surface area contributed by atoms with Gasteiger partial charge in [0.05, 0.1) is 0 Å². The van der Waals surface area contributed by atoms with Gasteiger partial charge in [0.1, 0.15) is 0 Å². The first-order chi connectivity index (χ1) is 5.33. The molecule has 0 aliphatic carbocycles. The Morgan fingerprint density at radius 3 is 2.91 bits per heavy atom. The average molecular weight is 167 g/mol. The molecule has 0 atom stereocenters. The maximum Gasteiger partial charge on any atom is 0.0269 e. The van der Waals surface area contributed by atoms with Gasteiger partial charge in [-0.05, 0) is 38.1 Å². The summed E-state index contributed by atoms with van der Waals surface area (Å²) < 4.78 is 0. The van der Waals surface area contributed by atoms with Gasteiger partial charge in [-0.3, -0.25) is 0 Å². The van der Waals surface area contributed by atoms with Crippen molar-refractivity contribution in [1.82, 2.24) is 0 Å². The van der Waals surface area contributed by atoms with Crippen LogP contribution in [0.5, 0.6) is 0 Å². The highest BCUT2D eigenvalue weighted by Crippen LogP contribution is 2.16. The van der Waals surface area contributed by atoms with Crippen LogP contribution in [0.2, 0.25) is 0 Å². The van der Waals surface area contributed by atoms with Gasteiger partial charge in [0.2, 0.25) is 0 Å². The first-order valence-corrected chi connectivity index (χ1v) is 4.57. The van der Waals surface area contributed by atoms with Gasteiger partial charge in [0.15, 0.2) is 0 Å². The van der Waals surface area contributed by atoms with Gasteiger partial charge < -0.3 is 5.73 Å². The molecule has 0 bridgehead atoms. The first-order valence-electron chi connectivity index (χ1n) is 3.76. The third-order valence-corrected chi connectivity index (χ3v) is 2.34. The van der Waals surface area contributed by atoms with Gasteiger partial charge in [0, 0.05) is 9.75 Å². The zero-order valence-corrected chi connectivity index (χ0v) is 7.53. The van der Waals surface area contributed by atoms with Crippen molar-refractivity contribution in [3.05, 3.63) is 28.0 Å². The zero-order chi connectivity index (χ0) is 8.10. The largest absolute Gasteiger partial charge is 0.330 e. The number of hydrogen-bond acceptors (Lipinski definition) is 2. The highest BCUT2D eigenvalue weighted by molar-refractivity contribution is 7.12. The summed E-state index contributed by atoms with van der Waals surface area (Å²) in [5.74, 6) is 0. The molecule has 0 aliphatic heterocycles. The molecule has 0 unspecified atom stereocenters. The van der Waals surface area contributed by atoms with Gasteiger partial charge in [-0.25, -0.2) is 0 Å². The van der Waals surface area contributed by atoms with Crippen LogP contribution >= 0.6 is 11.3 Å². The van der Waals surface area contributed by atoms with Crippen LogP contribution in [-0.2, 0) is 0 Å². The standard InChI is InChI=1S/C9H13NS/c1-8-5-6-9(11-8)4-2-3-7-10/h2,4-6H,3,7,10H2,1H3. The van der Waals surface area contributed by atoms with Crippen molar-refractivity contribution < 1.29 is 0 Å². The summed E-state index contributed by atoms with van der Waals surface area (Å²) in [6.07, 6.45) is 5.22. The van der Waals surface area contributed by atoms with E-state index in [2.05, 4.69) is 31.2 Å². The summed E-state index contributed by atoms with van der Waals surface area (Å²) in [4.78, 5) is 2.67. The fourth-order valence-electron chi connectivity index (χ4n) is 0.839. The van der Waals surface area contributed by atoms with E-state index >= 15 is 0 Å². The third-order valence-electron chi connectivity index (χ3n) is 1.38. The Labute approximate surface area is 71.5 Å². The van der Waals surface area contributed by atoms with Crippen LogP contribution in [0.4, 0.5) is 0 Å². The van der Waals surface area contributed by atoms with E-state index in [1.165, 1.54) is 9.75 Å². The lowest BCUT2D eigenvalue weighted by atomic mass is 10.3. The molecule has 1 aromatic heterocycles. The molecule has 60 valence electrons. The molecule has 1 rings (SSSR count). The van der Waals surface area contributed by atoms with Gasteiger partial charge in [0.25, 0.3) is 0 Å². The molecule has 2 heteroatoms. The second kappa shape index (κ2) is 4.31. The van der Waals surface area contributed by atoms with Gasteiger partial charge in [-0.2, -0.15) is 0 Å². The van der Waals surface area contributed by atoms with Crippen LogP contribution in [0.15, 0.2) is 18.2 Å². The number of aryl methyl sites for hydroxylation is 1. The minimum Gasteiger partial charge on any atom is -0.330 e. The Hall–Kier alpha value is -0.600. The summed E-state index contributed by atoms with van der Waals surface area (Å²) in [7, 11) is 0. The van der Waals surface area contributed by atoms with E-state index in [4.69, 9.17) is 5.73 Å². The van der Waals surface area contributed by atoms with Crippen molar-refractivity contribution in [3.63, 3.8) is 0 Å². The lowest BCUT2D eigenvalue weighted by molar-refractivity contribution is 1.01. The molecule has 0 saturated heterocycles. The molecule has 0 saturated carbocycles. The highest BCUT2D eigenvalue weighted by Gasteiger charge is 1.89. The number of hydrogen-bond donors (Lipinski definition) is 1. The van der Waals surface area contributed by atoms with Crippen molar-refractivity contribution in [2.45, 2.75) is 13.3 Å². The zero-order valence-electron chi connectivity index (χ0n) is 6.71. The number of nitrogens with two attached hydrogens (primary N) is 1. The second-order valence-corrected chi connectivity index (χ2v) is 3.75. The molecular weight excluding hydrogens is 154 g/mol. The van der Waals surface area contributed by atoms with Crippen molar-refractivity contribution in [1.29, 1.82) is 0 Å². The molecule has 0 aromatic carbocycles. The van der Waals surface area contributed by atoms with E-state index in [0.29, 0.717) is 0 Å². The summed E-state index contributed by atoms with van der Waals surface area (Å²) in [5, 5.41) is 0. The van der Waals surface area contributed by atoms with E-state index in [0.717, 1.165) is 13.0 Å². The van der Waals surface area contributed by atoms with E-state index in [1.54, 1.807) is 0 Å². The lowest BCUT2D eigenvalue weighted by Crippen LogP contribution is -1.94. The molecule has 1 nitrogen and oxygen atoms in total. The van der Waals surface area contributed by atoms with Crippen LogP contribution in [0.25, 0.3) is 6.08 Å². The molecule has 1 heterocycles. The predicted molar refractivity (Wildman–Crippen MR) is 51.8 cm³/mol. The van der Waals surface area contributed by atoms with E-state index < -0.39 is 0 Å². The van der Waals surface area contributed by atoms with Gasteiger partial charge in [-0.15, -0.1) is 11.3 Å². The Bertz CT molecular complexity index is 237. The minimum absolute atomic E-state index is 0.737. The maximum absolute atomic E-state index is 5.35. The molecule has 1 aromatic rings. The molecule has 0 radical (unpaired) electrons. The Morgan fingerprint density at radius 2 is 2.36 bits per heavy atom. The Balaban J connectivity index is 2.50. The SMILES string of the molecule is Cc1ccc(C=CCCN)s1. The van der Waals surface area contributed by atoms with Crippen LogP contribution in [-0.4, -0.2) is 6.54 Å². The van der Waals surface area contributed by atoms with Crippen molar-refractivity contribution in [2.75, 3.05) is 6.54 Å². The van der Waals surface area contributed by atoms with E-state index in [1.807, 2.05) is 11.3 Å². The maximum atomic E-state index is 5.35. The monoisotopic (exact) mass is 167 g/mol. The lowest BCUT2D eigenvalue weighted by Gasteiger charge is -1.83. The quantitative estimate of drug-likeness (QED) is 0.735. The minimum atomic E-state index is 0.737. The molecular formula is C9H13NS. The van der Waals surface area contributed by atoms with E-state index in [-0.39, 0.29) is 0 Å².